The quantitative estimate of drug-likeness (QED) is 0.665. The van der Waals surface area contributed by atoms with Crippen LogP contribution in [0.4, 0.5) is 0 Å². The second-order valence-electron chi connectivity index (χ2n) is 4.12. The van der Waals surface area contributed by atoms with E-state index < -0.39 is 11.9 Å². The molecule has 0 aliphatic heterocycles. The Morgan fingerprint density at radius 1 is 1.14 bits per heavy atom. The van der Waals surface area contributed by atoms with Gasteiger partial charge in [-0.3, -0.25) is 9.78 Å². The number of nitrogens with two attached hydrogens (primary N) is 1. The number of esters is 1. The number of methoxy groups -OCH3 is 1. The van der Waals surface area contributed by atoms with Gasteiger partial charge >= 0.3 is 5.97 Å². The lowest BCUT2D eigenvalue weighted by molar-refractivity contribution is -0.112. The van der Waals surface area contributed by atoms with E-state index in [1.165, 1.54) is 13.3 Å². The molecule has 2 rings (SSSR count). The standard InChI is InChI=1S/C16H12N2O3/c1-21-16(20)13-7-8-14(18-10-13)12-5-2-11(3-6-12)4-9-15(17)19/h2-3,5-8,10H,1H3,(H2,17,19). The molecule has 1 heterocycles. The number of hydrogen-bond donors (Lipinski definition) is 1. The molecule has 0 bridgehead atoms. The Labute approximate surface area is 121 Å². The van der Waals surface area contributed by atoms with Gasteiger partial charge in [0, 0.05) is 17.3 Å². The van der Waals surface area contributed by atoms with Crippen LogP contribution in [0.3, 0.4) is 0 Å². The summed E-state index contributed by atoms with van der Waals surface area (Å²) in [6.45, 7) is 0. The van der Waals surface area contributed by atoms with E-state index >= 15 is 0 Å². The second kappa shape index (κ2) is 6.35. The predicted molar refractivity (Wildman–Crippen MR) is 77.1 cm³/mol. The molecule has 0 aliphatic carbocycles. The lowest BCUT2D eigenvalue weighted by atomic mass is 10.1. The monoisotopic (exact) mass is 280 g/mol. The van der Waals surface area contributed by atoms with Gasteiger partial charge in [-0.15, -0.1) is 0 Å². The van der Waals surface area contributed by atoms with Crippen LogP contribution in [0, 0.1) is 11.8 Å². The van der Waals surface area contributed by atoms with E-state index in [2.05, 4.69) is 21.6 Å². The molecule has 1 amide bonds. The molecule has 2 N–H and O–H groups in total. The minimum Gasteiger partial charge on any atom is -0.465 e. The topological polar surface area (TPSA) is 82.3 Å². The molecule has 2 aromatic rings. The zero-order chi connectivity index (χ0) is 15.2. The molecule has 0 saturated heterocycles. The molecule has 5 nitrogen and oxygen atoms in total. The highest BCUT2D eigenvalue weighted by molar-refractivity contribution is 5.92. The van der Waals surface area contributed by atoms with Crippen molar-refractivity contribution in [1.82, 2.24) is 4.98 Å². The molecule has 1 aromatic heterocycles. The number of benzene rings is 1. The number of amides is 1. The van der Waals surface area contributed by atoms with Crippen LogP contribution < -0.4 is 5.73 Å². The van der Waals surface area contributed by atoms with Crippen LogP contribution in [0.5, 0.6) is 0 Å². The summed E-state index contributed by atoms with van der Waals surface area (Å²) < 4.78 is 4.61. The maximum Gasteiger partial charge on any atom is 0.339 e. The first-order valence-electron chi connectivity index (χ1n) is 6.06. The van der Waals surface area contributed by atoms with Gasteiger partial charge < -0.3 is 10.5 Å². The molecule has 0 aliphatic rings. The largest absolute Gasteiger partial charge is 0.465 e. The van der Waals surface area contributed by atoms with Crippen LogP contribution in [-0.4, -0.2) is 24.0 Å². The van der Waals surface area contributed by atoms with E-state index in [4.69, 9.17) is 5.73 Å². The second-order valence-corrected chi connectivity index (χ2v) is 4.12. The molecule has 0 unspecified atom stereocenters. The van der Waals surface area contributed by atoms with Gasteiger partial charge in [0.15, 0.2) is 0 Å². The Kier molecular flexibility index (Phi) is 4.32. The number of nitrogens with zero attached hydrogens (tertiary/aromatic N) is 1. The molecule has 0 saturated carbocycles. The Morgan fingerprint density at radius 2 is 1.86 bits per heavy atom. The molecular weight excluding hydrogens is 268 g/mol. The van der Waals surface area contributed by atoms with Crippen LogP contribution in [0.1, 0.15) is 15.9 Å². The van der Waals surface area contributed by atoms with Crippen LogP contribution >= 0.6 is 0 Å². The third-order valence-electron chi connectivity index (χ3n) is 2.70. The van der Waals surface area contributed by atoms with Crippen LogP contribution in [0.25, 0.3) is 11.3 Å². The van der Waals surface area contributed by atoms with Crippen molar-refractivity contribution in [2.45, 2.75) is 0 Å². The Balaban J connectivity index is 2.21. The van der Waals surface area contributed by atoms with E-state index in [0.717, 1.165) is 11.3 Å². The molecule has 104 valence electrons. The van der Waals surface area contributed by atoms with Gasteiger partial charge in [0.1, 0.15) is 0 Å². The highest BCUT2D eigenvalue weighted by Crippen LogP contribution is 2.17. The average molecular weight is 280 g/mol. The molecular formula is C16H12N2O3. The third kappa shape index (κ3) is 3.67. The summed E-state index contributed by atoms with van der Waals surface area (Å²) in [5.74, 6) is 3.83. The summed E-state index contributed by atoms with van der Waals surface area (Å²) in [4.78, 5) is 26.1. The summed E-state index contributed by atoms with van der Waals surface area (Å²) in [5, 5.41) is 0. The highest BCUT2D eigenvalue weighted by Gasteiger charge is 2.06. The highest BCUT2D eigenvalue weighted by atomic mass is 16.5. The summed E-state index contributed by atoms with van der Waals surface area (Å²) >= 11 is 0. The molecule has 0 radical (unpaired) electrons. The summed E-state index contributed by atoms with van der Waals surface area (Å²) in [5.41, 5.74) is 7.62. The maximum absolute atomic E-state index is 11.3. The number of carbonyl (C=O) groups excluding carboxylic acids is 2. The first-order chi connectivity index (χ1) is 10.1. The van der Waals surface area contributed by atoms with E-state index in [-0.39, 0.29) is 0 Å². The van der Waals surface area contributed by atoms with E-state index in [9.17, 15) is 9.59 Å². The molecule has 5 heteroatoms. The Morgan fingerprint density at radius 3 is 2.38 bits per heavy atom. The fourth-order valence-electron chi connectivity index (χ4n) is 1.66. The van der Waals surface area contributed by atoms with Crippen molar-refractivity contribution in [2.75, 3.05) is 7.11 Å². The number of pyridine rings is 1. The Hall–Kier alpha value is -3.13. The van der Waals surface area contributed by atoms with Gasteiger partial charge in [-0.25, -0.2) is 4.79 Å². The first kappa shape index (κ1) is 14.3. The van der Waals surface area contributed by atoms with Crippen molar-refractivity contribution in [2.24, 2.45) is 5.73 Å². The smallest absolute Gasteiger partial charge is 0.339 e. The van der Waals surface area contributed by atoms with E-state index in [1.807, 2.05) is 12.1 Å². The number of ether oxygens (including phenoxy) is 1. The van der Waals surface area contributed by atoms with Gasteiger partial charge in [-0.2, -0.15) is 0 Å². The SMILES string of the molecule is COC(=O)c1ccc(-c2ccc(C#CC(N)=O)cc2)nc1. The van der Waals surface area contributed by atoms with Crippen LogP contribution in [0.2, 0.25) is 0 Å². The summed E-state index contributed by atoms with van der Waals surface area (Å²) in [7, 11) is 1.32. The zero-order valence-corrected chi connectivity index (χ0v) is 11.3. The summed E-state index contributed by atoms with van der Waals surface area (Å²) in [6.07, 6.45) is 1.46. The van der Waals surface area contributed by atoms with E-state index in [1.54, 1.807) is 24.3 Å². The zero-order valence-electron chi connectivity index (χ0n) is 11.3. The van der Waals surface area contributed by atoms with Crippen LogP contribution in [-0.2, 0) is 9.53 Å². The number of aromatic nitrogens is 1. The van der Waals surface area contributed by atoms with Crippen molar-refractivity contribution in [3.05, 3.63) is 53.7 Å². The van der Waals surface area contributed by atoms with Gasteiger partial charge in [-0.05, 0) is 30.2 Å². The van der Waals surface area contributed by atoms with E-state index in [0.29, 0.717) is 11.1 Å². The fourth-order valence-corrected chi connectivity index (χ4v) is 1.66. The Bertz CT molecular complexity index is 723. The molecule has 1 aromatic carbocycles. The minimum absolute atomic E-state index is 0.394. The van der Waals surface area contributed by atoms with Gasteiger partial charge in [0.2, 0.25) is 0 Å². The maximum atomic E-state index is 11.3. The van der Waals surface area contributed by atoms with Crippen molar-refractivity contribution in [3.63, 3.8) is 0 Å². The minimum atomic E-state index is -0.667. The lowest BCUT2D eigenvalue weighted by Gasteiger charge is -2.02. The van der Waals surface area contributed by atoms with Crippen molar-refractivity contribution < 1.29 is 14.3 Å². The number of hydrogen-bond acceptors (Lipinski definition) is 4. The number of rotatable bonds is 2. The molecule has 0 atom stereocenters. The predicted octanol–water partition coefficient (Wildman–Crippen LogP) is 1.37. The summed E-state index contributed by atoms with van der Waals surface area (Å²) in [6, 6.07) is 10.6. The lowest BCUT2D eigenvalue weighted by Crippen LogP contribution is -2.06. The average Bonchev–Trinajstić information content (AvgIpc) is 2.53. The van der Waals surface area contributed by atoms with Crippen molar-refractivity contribution in [1.29, 1.82) is 0 Å². The van der Waals surface area contributed by atoms with Gasteiger partial charge in [0.25, 0.3) is 5.91 Å². The van der Waals surface area contributed by atoms with Crippen molar-refractivity contribution in [3.8, 4) is 23.1 Å². The third-order valence-corrected chi connectivity index (χ3v) is 2.70. The molecule has 0 fully saturated rings. The first-order valence-corrected chi connectivity index (χ1v) is 6.06. The normalized spacial score (nSPS) is 9.38. The van der Waals surface area contributed by atoms with Gasteiger partial charge in [0.05, 0.1) is 18.4 Å². The number of primary amides is 1. The van der Waals surface area contributed by atoms with Gasteiger partial charge in [-0.1, -0.05) is 18.1 Å². The number of carbonyl (C=O) groups is 2. The molecule has 0 spiro atoms. The molecule has 21 heavy (non-hydrogen) atoms. The fraction of sp³-hybridized carbons (Fsp3) is 0.0625. The van der Waals surface area contributed by atoms with Crippen LogP contribution in [0.15, 0.2) is 42.6 Å². The van der Waals surface area contributed by atoms with Crippen molar-refractivity contribution >= 4 is 11.9 Å².